The third kappa shape index (κ3) is 4.74. The Balaban J connectivity index is 1.36. The Morgan fingerprint density at radius 1 is 0.939 bits per heavy atom. The smallest absolute Gasteiger partial charge is 0.227 e. The first-order chi connectivity index (χ1) is 16.1. The molecule has 0 spiro atoms. The maximum Gasteiger partial charge on any atom is 0.227 e. The third-order valence-corrected chi connectivity index (χ3v) is 7.01. The fraction of sp³-hybridized carbons (Fsp3) is 0.269. The molecule has 0 radical (unpaired) electrons. The van der Waals surface area contributed by atoms with E-state index < -0.39 is 0 Å². The number of rotatable bonds is 5. The minimum Gasteiger partial charge on any atom is -0.378 e. The van der Waals surface area contributed by atoms with Crippen LogP contribution >= 0.6 is 11.3 Å². The van der Waals surface area contributed by atoms with Gasteiger partial charge in [-0.25, -0.2) is 15.0 Å². The highest BCUT2D eigenvalue weighted by atomic mass is 32.1. The quantitative estimate of drug-likeness (QED) is 0.410. The average Bonchev–Trinajstić information content (AvgIpc) is 3.21. The molecule has 0 atom stereocenters. The third-order valence-electron chi connectivity index (χ3n) is 5.80. The van der Waals surface area contributed by atoms with E-state index in [0.717, 1.165) is 53.3 Å². The molecule has 4 aromatic rings. The van der Waals surface area contributed by atoms with Gasteiger partial charge in [0.25, 0.3) is 0 Å². The van der Waals surface area contributed by atoms with Crippen molar-refractivity contribution in [2.45, 2.75) is 20.8 Å². The fourth-order valence-electron chi connectivity index (χ4n) is 4.05. The standard InChI is InChI=1S/C26H27N5OS/c1-17-4-9-22(18(2)16-17)25-28-19(3)24(33-25)23-10-11-27-26(30-23)29-20-5-7-21(8-6-20)31-12-14-32-15-13-31/h4-11,16H,12-15H2,1-3H3,(H,27,29,30). The minimum atomic E-state index is 0.576. The van der Waals surface area contributed by atoms with E-state index in [2.05, 4.69) is 71.5 Å². The Labute approximate surface area is 198 Å². The number of nitrogens with one attached hydrogen (secondary N) is 1. The summed E-state index contributed by atoms with van der Waals surface area (Å²) in [7, 11) is 0. The normalized spacial score (nSPS) is 13.8. The zero-order valence-electron chi connectivity index (χ0n) is 19.1. The van der Waals surface area contributed by atoms with Crippen LogP contribution in [0.5, 0.6) is 0 Å². The lowest BCUT2D eigenvalue weighted by molar-refractivity contribution is 0.122. The predicted molar refractivity (Wildman–Crippen MR) is 136 cm³/mol. The SMILES string of the molecule is Cc1ccc(-c2nc(C)c(-c3ccnc(Nc4ccc(N5CCOCC5)cc4)n3)s2)c(C)c1. The molecule has 0 unspecified atom stereocenters. The van der Waals surface area contributed by atoms with Crippen molar-refractivity contribution in [2.24, 2.45) is 0 Å². The fourth-order valence-corrected chi connectivity index (χ4v) is 5.18. The Bertz CT molecular complexity index is 1260. The van der Waals surface area contributed by atoms with Gasteiger partial charge in [-0.05, 0) is 56.7 Å². The second-order valence-electron chi connectivity index (χ2n) is 8.29. The van der Waals surface area contributed by atoms with Gasteiger partial charge in [0, 0.05) is 36.2 Å². The predicted octanol–water partition coefficient (Wildman–Crippen LogP) is 5.77. The number of hydrogen-bond donors (Lipinski definition) is 1. The van der Waals surface area contributed by atoms with Crippen LogP contribution < -0.4 is 10.2 Å². The summed E-state index contributed by atoms with van der Waals surface area (Å²) in [6.45, 7) is 9.70. The summed E-state index contributed by atoms with van der Waals surface area (Å²) in [6, 6.07) is 16.8. The maximum atomic E-state index is 5.44. The summed E-state index contributed by atoms with van der Waals surface area (Å²) in [5.41, 5.74) is 7.69. The number of morpholine rings is 1. The molecule has 0 saturated carbocycles. The van der Waals surface area contributed by atoms with Crippen molar-refractivity contribution in [1.29, 1.82) is 0 Å². The van der Waals surface area contributed by atoms with Crippen molar-refractivity contribution in [3.8, 4) is 21.1 Å². The van der Waals surface area contributed by atoms with Crippen molar-refractivity contribution in [1.82, 2.24) is 15.0 Å². The van der Waals surface area contributed by atoms with Crippen LogP contribution in [0, 0.1) is 20.8 Å². The van der Waals surface area contributed by atoms with Gasteiger partial charge in [-0.2, -0.15) is 0 Å². The Hall–Kier alpha value is -3.29. The molecule has 1 aliphatic heterocycles. The average molecular weight is 458 g/mol. The molecule has 5 rings (SSSR count). The van der Waals surface area contributed by atoms with E-state index in [-0.39, 0.29) is 0 Å². The van der Waals surface area contributed by atoms with Gasteiger partial charge in [0.05, 0.1) is 29.5 Å². The molecule has 1 fully saturated rings. The highest BCUT2D eigenvalue weighted by Gasteiger charge is 2.15. The van der Waals surface area contributed by atoms with Crippen LogP contribution in [0.4, 0.5) is 17.3 Å². The number of ether oxygens (including phenoxy) is 1. The number of nitrogens with zero attached hydrogens (tertiary/aromatic N) is 4. The second kappa shape index (κ2) is 9.29. The van der Waals surface area contributed by atoms with Crippen molar-refractivity contribution in [3.63, 3.8) is 0 Å². The maximum absolute atomic E-state index is 5.44. The number of aryl methyl sites for hydroxylation is 3. The monoisotopic (exact) mass is 457 g/mol. The van der Waals surface area contributed by atoms with E-state index in [0.29, 0.717) is 5.95 Å². The first-order valence-corrected chi connectivity index (χ1v) is 12.0. The van der Waals surface area contributed by atoms with Gasteiger partial charge in [-0.1, -0.05) is 23.8 Å². The van der Waals surface area contributed by atoms with Crippen LogP contribution in [0.15, 0.2) is 54.7 Å². The molecule has 3 heterocycles. The summed E-state index contributed by atoms with van der Waals surface area (Å²) < 4.78 is 5.44. The van der Waals surface area contributed by atoms with Gasteiger partial charge >= 0.3 is 0 Å². The molecule has 0 bridgehead atoms. The number of benzene rings is 2. The van der Waals surface area contributed by atoms with Crippen LogP contribution in [-0.4, -0.2) is 41.3 Å². The van der Waals surface area contributed by atoms with E-state index in [1.807, 2.05) is 13.0 Å². The van der Waals surface area contributed by atoms with E-state index in [1.165, 1.54) is 22.4 Å². The van der Waals surface area contributed by atoms with Crippen molar-refractivity contribution in [2.75, 3.05) is 36.5 Å². The van der Waals surface area contributed by atoms with Gasteiger partial charge < -0.3 is 15.0 Å². The number of anilines is 3. The molecular weight excluding hydrogens is 430 g/mol. The van der Waals surface area contributed by atoms with Crippen molar-refractivity contribution < 1.29 is 4.74 Å². The molecule has 2 aromatic heterocycles. The van der Waals surface area contributed by atoms with E-state index in [9.17, 15) is 0 Å². The lowest BCUT2D eigenvalue weighted by atomic mass is 10.1. The topological polar surface area (TPSA) is 63.2 Å². The first-order valence-electron chi connectivity index (χ1n) is 11.1. The molecule has 168 valence electrons. The van der Waals surface area contributed by atoms with Crippen LogP contribution in [-0.2, 0) is 4.74 Å². The minimum absolute atomic E-state index is 0.576. The van der Waals surface area contributed by atoms with Gasteiger partial charge in [0.15, 0.2) is 0 Å². The summed E-state index contributed by atoms with van der Waals surface area (Å²) in [4.78, 5) is 17.4. The molecule has 33 heavy (non-hydrogen) atoms. The van der Waals surface area contributed by atoms with Gasteiger partial charge in [-0.15, -0.1) is 11.3 Å². The highest BCUT2D eigenvalue weighted by Crippen LogP contribution is 2.36. The van der Waals surface area contributed by atoms with Gasteiger partial charge in [0.1, 0.15) is 5.01 Å². The Morgan fingerprint density at radius 3 is 2.48 bits per heavy atom. The summed E-state index contributed by atoms with van der Waals surface area (Å²) in [5.74, 6) is 0.576. The largest absolute Gasteiger partial charge is 0.378 e. The second-order valence-corrected chi connectivity index (χ2v) is 9.29. The molecule has 2 aromatic carbocycles. The molecule has 1 aliphatic rings. The number of aromatic nitrogens is 3. The highest BCUT2D eigenvalue weighted by molar-refractivity contribution is 7.18. The van der Waals surface area contributed by atoms with E-state index in [4.69, 9.17) is 14.7 Å². The lowest BCUT2D eigenvalue weighted by Crippen LogP contribution is -2.36. The number of hydrogen-bond acceptors (Lipinski definition) is 7. The van der Waals surface area contributed by atoms with Crippen LogP contribution in [0.2, 0.25) is 0 Å². The molecule has 1 N–H and O–H groups in total. The van der Waals surface area contributed by atoms with E-state index in [1.54, 1.807) is 17.5 Å². The van der Waals surface area contributed by atoms with Crippen LogP contribution in [0.1, 0.15) is 16.8 Å². The lowest BCUT2D eigenvalue weighted by Gasteiger charge is -2.28. The molecule has 6 nitrogen and oxygen atoms in total. The Kier molecular flexibility index (Phi) is 6.07. The zero-order chi connectivity index (χ0) is 22.8. The number of thiazole rings is 1. The molecule has 7 heteroatoms. The summed E-state index contributed by atoms with van der Waals surface area (Å²) in [5, 5.41) is 4.36. The first kappa shape index (κ1) is 21.6. The summed E-state index contributed by atoms with van der Waals surface area (Å²) in [6.07, 6.45) is 1.79. The molecule has 0 amide bonds. The zero-order valence-corrected chi connectivity index (χ0v) is 19.9. The molecule has 0 aliphatic carbocycles. The molecule has 1 saturated heterocycles. The molecular formula is C26H27N5OS. The van der Waals surface area contributed by atoms with Crippen molar-refractivity contribution in [3.05, 3.63) is 71.5 Å². The summed E-state index contributed by atoms with van der Waals surface area (Å²) >= 11 is 1.67. The van der Waals surface area contributed by atoms with E-state index >= 15 is 0 Å². The Morgan fingerprint density at radius 2 is 1.73 bits per heavy atom. The van der Waals surface area contributed by atoms with Crippen molar-refractivity contribution >= 4 is 28.7 Å². The van der Waals surface area contributed by atoms with Gasteiger partial charge in [-0.3, -0.25) is 0 Å². The van der Waals surface area contributed by atoms with Crippen LogP contribution in [0.3, 0.4) is 0 Å². The van der Waals surface area contributed by atoms with Gasteiger partial charge in [0.2, 0.25) is 5.95 Å². The van der Waals surface area contributed by atoms with Crippen LogP contribution in [0.25, 0.3) is 21.1 Å².